The first-order chi connectivity index (χ1) is 10.5. The molecule has 2 rings (SSSR count). The van der Waals surface area contributed by atoms with Gasteiger partial charge in [-0.2, -0.15) is 11.8 Å². The number of halogens is 1. The van der Waals surface area contributed by atoms with Crippen LogP contribution in [0.25, 0.3) is 0 Å². The Balaban J connectivity index is 0.00000264. The standard InChI is InChI=1S/C16H31N3O2S.HI/c1-15(2)12(10-13(15)20-4)19-14(17-3)18-11-16(22-5)6-8-21-9-7-16;/h12-13H,6-11H2,1-5H3,(H2,17,18,19);1H. The van der Waals surface area contributed by atoms with E-state index < -0.39 is 0 Å². The SMILES string of the molecule is CN=C(NCC1(SC)CCOCC1)NC1CC(OC)C1(C)C.I. The maximum absolute atomic E-state index is 5.52. The van der Waals surface area contributed by atoms with Gasteiger partial charge < -0.3 is 20.1 Å². The van der Waals surface area contributed by atoms with Crippen LogP contribution in [0.2, 0.25) is 0 Å². The van der Waals surface area contributed by atoms with Gasteiger partial charge in [-0.05, 0) is 25.5 Å². The number of aliphatic imine (C=N–C) groups is 1. The fourth-order valence-electron chi connectivity index (χ4n) is 3.33. The summed E-state index contributed by atoms with van der Waals surface area (Å²) in [5.74, 6) is 0.896. The molecule has 136 valence electrons. The van der Waals surface area contributed by atoms with Crippen LogP contribution in [0.1, 0.15) is 33.1 Å². The maximum atomic E-state index is 5.52. The van der Waals surface area contributed by atoms with Gasteiger partial charge in [0.05, 0.1) is 6.10 Å². The highest BCUT2D eigenvalue weighted by atomic mass is 127. The molecule has 2 N–H and O–H groups in total. The van der Waals surface area contributed by atoms with E-state index in [4.69, 9.17) is 9.47 Å². The molecule has 2 atom stereocenters. The molecule has 1 heterocycles. The Labute approximate surface area is 162 Å². The number of hydrogen-bond donors (Lipinski definition) is 2. The quantitative estimate of drug-likeness (QED) is 0.378. The summed E-state index contributed by atoms with van der Waals surface area (Å²) >= 11 is 1.94. The Morgan fingerprint density at radius 3 is 2.48 bits per heavy atom. The molecular weight excluding hydrogens is 425 g/mol. The normalized spacial score (nSPS) is 29.2. The van der Waals surface area contributed by atoms with Gasteiger partial charge >= 0.3 is 0 Å². The van der Waals surface area contributed by atoms with E-state index >= 15 is 0 Å². The molecule has 0 bridgehead atoms. The van der Waals surface area contributed by atoms with Gasteiger partial charge in [-0.25, -0.2) is 0 Å². The van der Waals surface area contributed by atoms with Crippen molar-refractivity contribution in [1.29, 1.82) is 0 Å². The molecule has 1 saturated carbocycles. The fraction of sp³-hybridized carbons (Fsp3) is 0.938. The van der Waals surface area contributed by atoms with Crippen LogP contribution in [0.5, 0.6) is 0 Å². The molecule has 0 amide bonds. The average molecular weight is 457 g/mol. The van der Waals surface area contributed by atoms with E-state index in [0.29, 0.717) is 12.1 Å². The predicted molar refractivity (Wildman–Crippen MR) is 109 cm³/mol. The first-order valence-electron chi connectivity index (χ1n) is 8.10. The van der Waals surface area contributed by atoms with Crippen LogP contribution in [0.4, 0.5) is 0 Å². The fourth-order valence-corrected chi connectivity index (χ4v) is 4.12. The van der Waals surface area contributed by atoms with Crippen LogP contribution in [0, 0.1) is 5.41 Å². The summed E-state index contributed by atoms with van der Waals surface area (Å²) in [5.41, 5.74) is 0.141. The van der Waals surface area contributed by atoms with Crippen molar-refractivity contribution in [3.63, 3.8) is 0 Å². The average Bonchev–Trinajstić information content (AvgIpc) is 2.54. The molecule has 2 aliphatic rings. The number of hydrogen-bond acceptors (Lipinski definition) is 4. The number of nitrogens with zero attached hydrogens (tertiary/aromatic N) is 1. The molecule has 2 unspecified atom stereocenters. The molecule has 5 nitrogen and oxygen atoms in total. The van der Waals surface area contributed by atoms with Gasteiger partial charge in [0, 0.05) is 50.1 Å². The summed E-state index contributed by atoms with van der Waals surface area (Å²) in [6.45, 7) is 7.15. The van der Waals surface area contributed by atoms with Gasteiger partial charge in [-0.3, -0.25) is 4.99 Å². The van der Waals surface area contributed by atoms with Crippen LogP contribution in [-0.2, 0) is 9.47 Å². The minimum Gasteiger partial charge on any atom is -0.381 e. The van der Waals surface area contributed by atoms with Crippen LogP contribution in [-0.4, -0.2) is 63.0 Å². The lowest BCUT2D eigenvalue weighted by molar-refractivity contribution is -0.0922. The van der Waals surface area contributed by atoms with Gasteiger partial charge in [0.15, 0.2) is 5.96 Å². The Morgan fingerprint density at radius 2 is 2.00 bits per heavy atom. The largest absolute Gasteiger partial charge is 0.381 e. The molecule has 0 aromatic carbocycles. The summed E-state index contributed by atoms with van der Waals surface area (Å²) in [6, 6.07) is 0.406. The zero-order valence-corrected chi connectivity index (χ0v) is 18.1. The van der Waals surface area contributed by atoms with Crippen LogP contribution in [0.15, 0.2) is 4.99 Å². The highest BCUT2D eigenvalue weighted by Crippen LogP contribution is 2.42. The van der Waals surface area contributed by atoms with Gasteiger partial charge in [0.25, 0.3) is 0 Å². The highest BCUT2D eigenvalue weighted by Gasteiger charge is 2.49. The third kappa shape index (κ3) is 4.89. The topological polar surface area (TPSA) is 54.9 Å². The molecule has 0 spiro atoms. The van der Waals surface area contributed by atoms with Crippen molar-refractivity contribution in [2.45, 2.75) is 50.0 Å². The van der Waals surface area contributed by atoms with E-state index in [1.165, 1.54) is 0 Å². The Hall–Kier alpha value is 0.270. The van der Waals surface area contributed by atoms with E-state index in [1.54, 1.807) is 7.11 Å². The van der Waals surface area contributed by atoms with Crippen molar-refractivity contribution in [2.75, 3.05) is 40.2 Å². The lowest BCUT2D eigenvalue weighted by Crippen LogP contribution is -2.63. The van der Waals surface area contributed by atoms with Gasteiger partial charge in [0.1, 0.15) is 0 Å². The number of rotatable bonds is 5. The zero-order valence-electron chi connectivity index (χ0n) is 15.0. The second-order valence-corrected chi connectivity index (χ2v) is 8.18. The molecule has 1 aliphatic carbocycles. The minimum absolute atomic E-state index is 0. The Morgan fingerprint density at radius 1 is 1.35 bits per heavy atom. The number of methoxy groups -OCH3 is 1. The van der Waals surface area contributed by atoms with Crippen LogP contribution >= 0.6 is 35.7 Å². The molecule has 0 radical (unpaired) electrons. The molecule has 0 aromatic heterocycles. The van der Waals surface area contributed by atoms with Crippen molar-refractivity contribution in [3.05, 3.63) is 0 Å². The second-order valence-electron chi connectivity index (χ2n) is 6.90. The van der Waals surface area contributed by atoms with Gasteiger partial charge in [-0.15, -0.1) is 24.0 Å². The lowest BCUT2D eigenvalue weighted by atomic mass is 9.64. The third-order valence-corrected chi connectivity index (χ3v) is 6.83. The lowest BCUT2D eigenvalue weighted by Gasteiger charge is -2.51. The second kappa shape index (κ2) is 9.10. The Bertz CT molecular complexity index is 401. The van der Waals surface area contributed by atoms with E-state index in [9.17, 15) is 0 Å². The summed E-state index contributed by atoms with van der Waals surface area (Å²) in [6.07, 6.45) is 5.75. The maximum Gasteiger partial charge on any atom is 0.191 e. The molecule has 1 saturated heterocycles. The van der Waals surface area contributed by atoms with Crippen molar-refractivity contribution < 1.29 is 9.47 Å². The number of ether oxygens (including phenoxy) is 2. The van der Waals surface area contributed by atoms with Crippen LogP contribution < -0.4 is 10.6 Å². The molecule has 0 aromatic rings. The van der Waals surface area contributed by atoms with Crippen LogP contribution in [0.3, 0.4) is 0 Å². The first kappa shape index (κ1) is 21.3. The van der Waals surface area contributed by atoms with Gasteiger partial charge in [-0.1, -0.05) is 13.8 Å². The number of thioether (sulfide) groups is 1. The summed E-state index contributed by atoms with van der Waals surface area (Å²) in [5, 5.41) is 7.08. The van der Waals surface area contributed by atoms with Crippen molar-refractivity contribution >= 4 is 41.7 Å². The van der Waals surface area contributed by atoms with Crippen molar-refractivity contribution in [1.82, 2.24) is 10.6 Å². The summed E-state index contributed by atoms with van der Waals surface area (Å²) < 4.78 is 11.3. The number of nitrogens with one attached hydrogen (secondary N) is 2. The van der Waals surface area contributed by atoms with E-state index in [2.05, 4.69) is 35.7 Å². The van der Waals surface area contributed by atoms with Crippen molar-refractivity contribution in [2.24, 2.45) is 10.4 Å². The van der Waals surface area contributed by atoms with Crippen molar-refractivity contribution in [3.8, 4) is 0 Å². The molecule has 23 heavy (non-hydrogen) atoms. The molecule has 7 heteroatoms. The summed E-state index contributed by atoms with van der Waals surface area (Å²) in [4.78, 5) is 4.39. The third-order valence-electron chi connectivity index (χ3n) is 5.41. The van der Waals surface area contributed by atoms with Gasteiger partial charge in [0.2, 0.25) is 0 Å². The Kier molecular flexibility index (Phi) is 8.43. The zero-order chi connectivity index (χ0) is 16.2. The summed E-state index contributed by atoms with van der Waals surface area (Å²) in [7, 11) is 3.63. The van der Waals surface area contributed by atoms with E-state index in [-0.39, 0.29) is 34.1 Å². The smallest absolute Gasteiger partial charge is 0.191 e. The monoisotopic (exact) mass is 457 g/mol. The molecule has 2 fully saturated rings. The van der Waals surface area contributed by atoms with E-state index in [0.717, 1.165) is 45.0 Å². The first-order valence-corrected chi connectivity index (χ1v) is 9.33. The predicted octanol–water partition coefficient (Wildman–Crippen LogP) is 2.50. The molecular formula is C16H32IN3O2S. The molecule has 1 aliphatic heterocycles. The minimum atomic E-state index is 0. The number of guanidine groups is 1. The highest BCUT2D eigenvalue weighted by molar-refractivity contribution is 14.0. The van der Waals surface area contributed by atoms with E-state index in [1.807, 2.05) is 18.8 Å².